The minimum atomic E-state index is -3.12. The van der Waals surface area contributed by atoms with Crippen molar-refractivity contribution in [2.24, 2.45) is 4.99 Å². The van der Waals surface area contributed by atoms with E-state index in [9.17, 15) is 13.2 Å². The van der Waals surface area contributed by atoms with E-state index in [0.29, 0.717) is 32.2 Å². The van der Waals surface area contributed by atoms with Gasteiger partial charge in [0.1, 0.15) is 6.54 Å². The number of nitrogens with zero attached hydrogens (tertiary/aromatic N) is 3. The maximum absolute atomic E-state index is 12.1. The molecule has 0 unspecified atom stereocenters. The molecule has 1 aliphatic rings. The highest BCUT2D eigenvalue weighted by molar-refractivity contribution is 7.92. The first kappa shape index (κ1) is 19.7. The van der Waals surface area contributed by atoms with Crippen molar-refractivity contribution in [1.82, 2.24) is 15.1 Å². The third-order valence-corrected chi connectivity index (χ3v) is 6.33. The number of aliphatic imine (C=N–C) groups is 1. The van der Waals surface area contributed by atoms with Gasteiger partial charge in [0.25, 0.3) is 0 Å². The third-order valence-electron chi connectivity index (χ3n) is 3.80. The van der Waals surface area contributed by atoms with Crippen molar-refractivity contribution in [3.05, 3.63) is 0 Å². The van der Waals surface area contributed by atoms with Crippen molar-refractivity contribution >= 4 is 21.7 Å². The highest BCUT2D eigenvalue weighted by atomic mass is 32.2. The molecule has 0 aromatic heterocycles. The molecule has 1 rings (SSSR count). The average Bonchev–Trinajstić information content (AvgIpc) is 2.45. The van der Waals surface area contributed by atoms with E-state index in [1.54, 1.807) is 35.1 Å². The molecule has 1 amide bonds. The van der Waals surface area contributed by atoms with E-state index in [1.807, 2.05) is 4.90 Å². The summed E-state index contributed by atoms with van der Waals surface area (Å²) in [4.78, 5) is 19.4. The fourth-order valence-electron chi connectivity index (χ4n) is 2.14. The first-order chi connectivity index (χ1) is 10.6. The molecule has 1 heterocycles. The van der Waals surface area contributed by atoms with Gasteiger partial charge in [0.15, 0.2) is 15.8 Å². The number of rotatable bonds is 5. The van der Waals surface area contributed by atoms with Crippen molar-refractivity contribution in [1.29, 1.82) is 0 Å². The zero-order chi connectivity index (χ0) is 17.7. The van der Waals surface area contributed by atoms with E-state index in [0.717, 1.165) is 0 Å². The minimum Gasteiger partial charge on any atom is -0.383 e. The number of ether oxygens (including phenoxy) is 1. The summed E-state index contributed by atoms with van der Waals surface area (Å²) >= 11 is 0. The van der Waals surface area contributed by atoms with Crippen LogP contribution in [0.3, 0.4) is 0 Å². The third kappa shape index (κ3) is 5.35. The molecule has 0 spiro atoms. The molecular weight excluding hydrogens is 320 g/mol. The summed E-state index contributed by atoms with van der Waals surface area (Å²) in [6, 6.07) is 0. The quantitative estimate of drug-likeness (QED) is 0.396. The van der Waals surface area contributed by atoms with Gasteiger partial charge in [0.2, 0.25) is 5.91 Å². The molecule has 1 saturated heterocycles. The number of hydrogen-bond acceptors (Lipinski definition) is 5. The van der Waals surface area contributed by atoms with Gasteiger partial charge in [-0.2, -0.15) is 0 Å². The lowest BCUT2D eigenvalue weighted by molar-refractivity contribution is -0.127. The van der Waals surface area contributed by atoms with Crippen LogP contribution in [0.25, 0.3) is 0 Å². The van der Waals surface area contributed by atoms with Gasteiger partial charge >= 0.3 is 0 Å². The van der Waals surface area contributed by atoms with Crippen LogP contribution < -0.4 is 5.32 Å². The normalized spacial score (nSPS) is 20.2. The number of carbonyl (C=O) groups is 1. The summed E-state index contributed by atoms with van der Waals surface area (Å²) < 4.78 is 28.4. The molecule has 0 saturated carbocycles. The van der Waals surface area contributed by atoms with Gasteiger partial charge in [0, 0.05) is 40.8 Å². The van der Waals surface area contributed by atoms with E-state index in [-0.39, 0.29) is 18.2 Å². The Labute approximate surface area is 138 Å². The Morgan fingerprint density at radius 3 is 2.57 bits per heavy atom. The molecule has 1 fully saturated rings. The highest BCUT2D eigenvalue weighted by Crippen LogP contribution is 2.23. The maximum Gasteiger partial charge on any atom is 0.243 e. The van der Waals surface area contributed by atoms with Gasteiger partial charge in [-0.15, -0.1) is 0 Å². The Morgan fingerprint density at radius 2 is 2.04 bits per heavy atom. The van der Waals surface area contributed by atoms with Crippen LogP contribution in [0.4, 0.5) is 0 Å². The number of sulfone groups is 1. The molecule has 0 atom stereocenters. The lowest BCUT2D eigenvalue weighted by Crippen LogP contribution is -2.57. The largest absolute Gasteiger partial charge is 0.383 e. The zero-order valence-electron chi connectivity index (χ0n) is 14.6. The summed E-state index contributed by atoms with van der Waals surface area (Å²) in [6.45, 7) is 5.18. The molecule has 9 heteroatoms. The van der Waals surface area contributed by atoms with Crippen molar-refractivity contribution in [2.75, 3.05) is 59.7 Å². The lowest BCUT2D eigenvalue weighted by Gasteiger charge is -2.39. The monoisotopic (exact) mass is 348 g/mol. The Bertz CT molecular complexity index is 543. The highest BCUT2D eigenvalue weighted by Gasteiger charge is 2.41. The molecule has 1 N–H and O–H groups in total. The second-order valence-corrected chi connectivity index (χ2v) is 9.09. The van der Waals surface area contributed by atoms with Gasteiger partial charge in [-0.05, 0) is 13.8 Å². The Morgan fingerprint density at radius 1 is 1.39 bits per heavy atom. The van der Waals surface area contributed by atoms with Crippen molar-refractivity contribution < 1.29 is 17.9 Å². The Kier molecular flexibility index (Phi) is 6.82. The van der Waals surface area contributed by atoms with Gasteiger partial charge in [-0.1, -0.05) is 0 Å². The summed E-state index contributed by atoms with van der Waals surface area (Å²) in [5, 5.41) is 3.14. The molecule has 0 radical (unpaired) electrons. The lowest BCUT2D eigenvalue weighted by atomic mass is 10.2. The molecule has 1 aliphatic heterocycles. The standard InChI is InChI=1S/C14H28N4O4S/c1-14(2)11-18(7-9-23(14,20)21)13(15-6-8-22-5)16-10-12(19)17(3)4/h6-11H2,1-5H3,(H,15,16). The molecule has 23 heavy (non-hydrogen) atoms. The van der Waals surface area contributed by atoms with Gasteiger partial charge in [-0.25, -0.2) is 13.4 Å². The second-order valence-electron chi connectivity index (χ2n) is 6.35. The molecule has 0 aromatic carbocycles. The fourth-order valence-corrected chi connectivity index (χ4v) is 3.51. The molecule has 134 valence electrons. The molecular formula is C14H28N4O4S. The van der Waals surface area contributed by atoms with Crippen molar-refractivity contribution in [2.45, 2.75) is 18.6 Å². The summed E-state index contributed by atoms with van der Waals surface area (Å²) in [7, 11) is 1.83. The van der Waals surface area contributed by atoms with Crippen LogP contribution in [0.2, 0.25) is 0 Å². The van der Waals surface area contributed by atoms with Gasteiger partial charge < -0.3 is 19.9 Å². The SMILES string of the molecule is COCCNC(=NCC(=O)N(C)C)N1CCS(=O)(=O)C(C)(C)C1. The average molecular weight is 348 g/mol. The van der Waals surface area contributed by atoms with Crippen molar-refractivity contribution in [3.63, 3.8) is 0 Å². The zero-order valence-corrected chi connectivity index (χ0v) is 15.4. The molecule has 0 aliphatic carbocycles. The van der Waals surface area contributed by atoms with E-state index >= 15 is 0 Å². The number of guanidine groups is 1. The first-order valence-corrected chi connectivity index (χ1v) is 9.20. The van der Waals surface area contributed by atoms with E-state index in [2.05, 4.69) is 10.3 Å². The van der Waals surface area contributed by atoms with E-state index < -0.39 is 14.6 Å². The van der Waals surface area contributed by atoms with Crippen LogP contribution in [-0.2, 0) is 19.4 Å². The molecule has 8 nitrogen and oxygen atoms in total. The summed E-state index contributed by atoms with van der Waals surface area (Å²) in [6.07, 6.45) is 0. The first-order valence-electron chi connectivity index (χ1n) is 7.55. The van der Waals surface area contributed by atoms with Crippen LogP contribution in [-0.4, -0.2) is 94.6 Å². The van der Waals surface area contributed by atoms with E-state index in [4.69, 9.17) is 4.74 Å². The predicted molar refractivity (Wildman–Crippen MR) is 90.3 cm³/mol. The summed E-state index contributed by atoms with van der Waals surface area (Å²) in [5.41, 5.74) is 0. The van der Waals surface area contributed by atoms with Crippen LogP contribution >= 0.6 is 0 Å². The molecule has 0 aromatic rings. The van der Waals surface area contributed by atoms with Crippen LogP contribution in [0, 0.1) is 0 Å². The maximum atomic E-state index is 12.1. The summed E-state index contributed by atoms with van der Waals surface area (Å²) in [5.74, 6) is 0.507. The van der Waals surface area contributed by atoms with Crippen LogP contribution in [0.1, 0.15) is 13.8 Å². The number of nitrogens with one attached hydrogen (secondary N) is 1. The van der Waals surface area contributed by atoms with Gasteiger partial charge in [-0.3, -0.25) is 4.79 Å². The molecule has 0 bridgehead atoms. The van der Waals surface area contributed by atoms with Crippen molar-refractivity contribution in [3.8, 4) is 0 Å². The number of carbonyl (C=O) groups excluding carboxylic acids is 1. The number of amides is 1. The Balaban J connectivity index is 2.87. The number of methoxy groups -OCH3 is 1. The van der Waals surface area contributed by atoms with Gasteiger partial charge in [0.05, 0.1) is 17.1 Å². The minimum absolute atomic E-state index is 0.0198. The Hall–Kier alpha value is -1.35. The fraction of sp³-hybridized carbons (Fsp3) is 0.857. The predicted octanol–water partition coefficient (Wildman–Crippen LogP) is -0.824. The smallest absolute Gasteiger partial charge is 0.243 e. The van der Waals surface area contributed by atoms with Crippen LogP contribution in [0.15, 0.2) is 4.99 Å². The second kappa shape index (κ2) is 7.96. The van der Waals surface area contributed by atoms with Crippen LogP contribution in [0.5, 0.6) is 0 Å². The topological polar surface area (TPSA) is 91.3 Å². The van der Waals surface area contributed by atoms with E-state index in [1.165, 1.54) is 4.90 Å². The number of hydrogen-bond donors (Lipinski definition) is 1. The number of likely N-dealkylation sites (N-methyl/N-ethyl adjacent to an activating group) is 1.